The first-order valence-electron chi connectivity index (χ1n) is 6.83. The molecule has 1 unspecified atom stereocenters. The predicted octanol–water partition coefficient (Wildman–Crippen LogP) is 1.51. The Hall–Kier alpha value is -2.09. The van der Waals surface area contributed by atoms with Gasteiger partial charge in [0, 0.05) is 5.92 Å². The second kappa shape index (κ2) is 6.43. The molecule has 0 aromatic heterocycles. The lowest BCUT2D eigenvalue weighted by atomic mass is 9.87. The van der Waals surface area contributed by atoms with Gasteiger partial charge in [0.05, 0.1) is 5.56 Å². The van der Waals surface area contributed by atoms with E-state index in [1.54, 1.807) is 0 Å². The Morgan fingerprint density at radius 3 is 2.08 bits per heavy atom. The number of phenolic OH excluding ortho intramolecular Hbond substituents is 2. The van der Waals surface area contributed by atoms with Gasteiger partial charge in [-0.25, -0.2) is 4.57 Å². The summed E-state index contributed by atoms with van der Waals surface area (Å²) in [6.07, 6.45) is 0. The number of rotatable bonds is 5. The fraction of sp³-hybridized carbons (Fsp3) is 0.200. The average molecular weight is 356 g/mol. The molecule has 0 bridgehead atoms. The molecule has 0 fully saturated rings. The molecular weight excluding hydrogens is 339 g/mol. The van der Waals surface area contributed by atoms with Crippen LogP contribution >= 0.6 is 7.82 Å². The zero-order valence-electron chi connectivity index (χ0n) is 12.6. The summed E-state index contributed by atoms with van der Waals surface area (Å²) in [6.45, 7) is 1.46. The molecule has 8 nitrogen and oxygen atoms in total. The summed E-state index contributed by atoms with van der Waals surface area (Å²) in [4.78, 5) is 17.9. The van der Waals surface area contributed by atoms with E-state index in [1.165, 1.54) is 31.2 Å². The number of aromatic hydroxyl groups is 2. The summed E-state index contributed by atoms with van der Waals surface area (Å²) < 4.78 is 15.5. The van der Waals surface area contributed by atoms with Gasteiger partial charge in [0.2, 0.25) is 0 Å². The number of hydrogen-bond donors (Lipinski definition) is 6. The van der Waals surface area contributed by atoms with E-state index in [1.807, 2.05) is 0 Å². The monoisotopic (exact) mass is 356 g/mol. The first-order chi connectivity index (χ1) is 11.0. The second-order valence-electron chi connectivity index (χ2n) is 5.30. The molecule has 2 aromatic rings. The molecule has 2 rings (SSSR count). The number of phosphoric ester groups is 1. The molecule has 0 saturated carbocycles. The van der Waals surface area contributed by atoms with Gasteiger partial charge in [0.15, 0.2) is 5.79 Å². The molecule has 0 aliphatic heterocycles. The lowest BCUT2D eigenvalue weighted by molar-refractivity contribution is -0.185. The molecule has 1 atom stereocenters. The second-order valence-corrected chi connectivity index (χ2v) is 6.47. The van der Waals surface area contributed by atoms with E-state index in [0.717, 1.165) is 18.2 Å². The number of phenols is 2. The highest BCUT2D eigenvalue weighted by Crippen LogP contribution is 2.45. The van der Waals surface area contributed by atoms with Gasteiger partial charge in [0.1, 0.15) is 17.2 Å². The largest absolute Gasteiger partial charge is 0.524 e. The molecule has 6 N–H and O–H groups in total. The van der Waals surface area contributed by atoms with Crippen molar-refractivity contribution in [2.45, 2.75) is 18.6 Å². The summed E-state index contributed by atoms with van der Waals surface area (Å²) in [5.41, 5.74) is 0.0228. The molecule has 0 spiro atoms. The van der Waals surface area contributed by atoms with Gasteiger partial charge in [0.25, 0.3) is 0 Å². The molecule has 130 valence electrons. The lowest BCUT2D eigenvalue weighted by Crippen LogP contribution is -2.32. The van der Waals surface area contributed by atoms with E-state index >= 15 is 0 Å². The molecule has 9 heteroatoms. The Morgan fingerprint density at radius 2 is 1.54 bits per heavy atom. The number of benzene rings is 2. The van der Waals surface area contributed by atoms with Crippen LogP contribution in [0.1, 0.15) is 24.0 Å². The summed E-state index contributed by atoms with van der Waals surface area (Å²) in [6, 6.07) is 8.71. The molecule has 0 aliphatic rings. The van der Waals surface area contributed by atoms with Crippen LogP contribution in [0, 0.1) is 0 Å². The summed E-state index contributed by atoms with van der Waals surface area (Å²) in [5, 5.41) is 39.9. The van der Waals surface area contributed by atoms with Crippen LogP contribution in [0.3, 0.4) is 0 Å². The molecule has 0 radical (unpaired) electrons. The topological polar surface area (TPSA) is 148 Å². The van der Waals surface area contributed by atoms with E-state index in [-0.39, 0.29) is 11.5 Å². The quantitative estimate of drug-likeness (QED) is 0.349. The molecule has 0 saturated heterocycles. The third kappa shape index (κ3) is 4.05. The molecule has 0 heterocycles. The average Bonchev–Trinajstić information content (AvgIpc) is 2.47. The lowest BCUT2D eigenvalue weighted by Gasteiger charge is -2.31. The van der Waals surface area contributed by atoms with Crippen molar-refractivity contribution in [3.05, 3.63) is 53.6 Å². The summed E-state index contributed by atoms with van der Waals surface area (Å²) in [5.74, 6) is -4.40. The first-order valence-corrected chi connectivity index (χ1v) is 8.36. The normalized spacial score (nSPS) is 13.5. The molecule has 24 heavy (non-hydrogen) atoms. The fourth-order valence-corrected chi connectivity index (χ4v) is 2.66. The van der Waals surface area contributed by atoms with E-state index in [2.05, 4.69) is 4.52 Å². The maximum absolute atomic E-state index is 11.1. The zero-order chi connectivity index (χ0) is 18.1. The SMILES string of the molecule is CC(c1ccc(O)cc1)C(O)(O)c1cc(O)ccc1OP(=O)(O)O. The highest BCUT2D eigenvalue weighted by molar-refractivity contribution is 7.46. The van der Waals surface area contributed by atoms with E-state index in [4.69, 9.17) is 9.79 Å². The standard InChI is InChI=1S/C15H17O8P/c1-9(10-2-4-11(16)5-3-10)15(18,19)13-8-12(17)6-7-14(13)23-24(20,21)22/h2-9,16-19H,1H3,(H2,20,21,22). The van der Waals surface area contributed by atoms with Gasteiger partial charge in [-0.05, 0) is 35.9 Å². The third-order valence-electron chi connectivity index (χ3n) is 3.57. The van der Waals surface area contributed by atoms with Crippen molar-refractivity contribution >= 4 is 7.82 Å². The van der Waals surface area contributed by atoms with Gasteiger partial charge < -0.3 is 24.9 Å². The summed E-state index contributed by atoms with van der Waals surface area (Å²) >= 11 is 0. The molecule has 0 amide bonds. The van der Waals surface area contributed by atoms with Crippen molar-refractivity contribution in [1.29, 1.82) is 0 Å². The minimum Gasteiger partial charge on any atom is -0.508 e. The Labute approximate surface area is 137 Å². The Balaban J connectivity index is 2.49. The number of aliphatic hydroxyl groups is 2. The van der Waals surface area contributed by atoms with Crippen molar-refractivity contribution in [3.63, 3.8) is 0 Å². The van der Waals surface area contributed by atoms with E-state index in [0.29, 0.717) is 5.56 Å². The van der Waals surface area contributed by atoms with Crippen LogP contribution in [0.2, 0.25) is 0 Å². The predicted molar refractivity (Wildman–Crippen MR) is 83.4 cm³/mol. The minimum atomic E-state index is -4.94. The first kappa shape index (κ1) is 18.3. The Kier molecular flexibility index (Phi) is 4.89. The van der Waals surface area contributed by atoms with Gasteiger partial charge in [-0.15, -0.1) is 0 Å². The van der Waals surface area contributed by atoms with Gasteiger partial charge in [-0.2, -0.15) is 0 Å². The summed E-state index contributed by atoms with van der Waals surface area (Å²) in [7, 11) is -4.94. The number of hydrogen-bond acceptors (Lipinski definition) is 6. The minimum absolute atomic E-state index is 0.00435. The van der Waals surface area contributed by atoms with Crippen molar-refractivity contribution in [2.75, 3.05) is 0 Å². The Morgan fingerprint density at radius 1 is 1.00 bits per heavy atom. The van der Waals surface area contributed by atoms with Gasteiger partial charge >= 0.3 is 7.82 Å². The van der Waals surface area contributed by atoms with Crippen LogP contribution in [-0.2, 0) is 10.4 Å². The van der Waals surface area contributed by atoms with Crippen LogP contribution in [0.15, 0.2) is 42.5 Å². The van der Waals surface area contributed by atoms with E-state index in [9.17, 15) is 25.0 Å². The van der Waals surface area contributed by atoms with Crippen LogP contribution in [0.4, 0.5) is 0 Å². The maximum atomic E-state index is 11.1. The van der Waals surface area contributed by atoms with Crippen molar-refractivity contribution in [2.24, 2.45) is 0 Å². The van der Waals surface area contributed by atoms with E-state index < -0.39 is 30.8 Å². The Bertz CT molecular complexity index is 766. The smallest absolute Gasteiger partial charge is 0.508 e. The molecule has 0 aliphatic carbocycles. The fourth-order valence-electron chi connectivity index (χ4n) is 2.24. The van der Waals surface area contributed by atoms with Crippen LogP contribution < -0.4 is 4.52 Å². The molecule has 2 aromatic carbocycles. The maximum Gasteiger partial charge on any atom is 0.524 e. The van der Waals surface area contributed by atoms with Crippen LogP contribution in [-0.4, -0.2) is 30.2 Å². The van der Waals surface area contributed by atoms with Gasteiger partial charge in [-0.1, -0.05) is 19.1 Å². The highest BCUT2D eigenvalue weighted by atomic mass is 31.2. The van der Waals surface area contributed by atoms with Crippen molar-refractivity contribution in [1.82, 2.24) is 0 Å². The van der Waals surface area contributed by atoms with Crippen molar-refractivity contribution < 1.29 is 39.3 Å². The van der Waals surface area contributed by atoms with Crippen LogP contribution in [0.5, 0.6) is 17.2 Å². The molecular formula is C15H17O8P. The zero-order valence-corrected chi connectivity index (χ0v) is 13.5. The number of phosphoric acid groups is 1. The highest BCUT2D eigenvalue weighted by Gasteiger charge is 2.38. The van der Waals surface area contributed by atoms with Crippen molar-refractivity contribution in [3.8, 4) is 17.2 Å². The third-order valence-corrected chi connectivity index (χ3v) is 4.01. The van der Waals surface area contributed by atoms with Crippen LogP contribution in [0.25, 0.3) is 0 Å². The van der Waals surface area contributed by atoms with Gasteiger partial charge in [-0.3, -0.25) is 9.79 Å².